The summed E-state index contributed by atoms with van der Waals surface area (Å²) in [5.74, 6) is 0.0735. The number of nitrogens with one attached hydrogen (secondary N) is 1. The van der Waals surface area contributed by atoms with E-state index < -0.39 is 0 Å². The number of carbonyl (C=O) groups is 1. The second-order valence-electron chi connectivity index (χ2n) is 8.53. The molecule has 1 aliphatic carbocycles. The number of nitrogens with two attached hydrogens (primary N) is 1. The maximum Gasteiger partial charge on any atom is 0.254 e. The van der Waals surface area contributed by atoms with Gasteiger partial charge in [-0.1, -0.05) is 12.1 Å². The number of halogens is 1. The van der Waals surface area contributed by atoms with E-state index in [1.54, 1.807) is 36.8 Å². The highest BCUT2D eigenvalue weighted by Crippen LogP contribution is 2.34. The molecule has 2 heterocycles. The molecule has 174 valence electrons. The van der Waals surface area contributed by atoms with Crippen molar-refractivity contribution in [2.75, 3.05) is 6.61 Å². The van der Waals surface area contributed by atoms with Gasteiger partial charge in [-0.2, -0.15) is 5.10 Å². The Morgan fingerprint density at radius 2 is 2.09 bits per heavy atom. The number of carbonyl (C=O) groups excluding carboxylic acids is 1. The molecule has 2 aromatic carbocycles. The molecule has 34 heavy (non-hydrogen) atoms. The Bertz CT molecular complexity index is 1340. The summed E-state index contributed by atoms with van der Waals surface area (Å²) >= 11 is 0. The van der Waals surface area contributed by atoms with Crippen molar-refractivity contribution >= 4 is 16.8 Å². The van der Waals surface area contributed by atoms with Crippen LogP contribution in [0.2, 0.25) is 0 Å². The van der Waals surface area contributed by atoms with Crippen molar-refractivity contribution in [3.8, 4) is 16.9 Å². The monoisotopic (exact) mass is 459 g/mol. The van der Waals surface area contributed by atoms with Gasteiger partial charge in [-0.25, -0.2) is 4.39 Å². The minimum Gasteiger partial charge on any atom is -0.493 e. The Kier molecular flexibility index (Phi) is 5.98. The van der Waals surface area contributed by atoms with Crippen LogP contribution in [0.15, 0.2) is 61.1 Å². The standard InChI is InChI=1S/C26H26FN5O2/c1-2-34-24-11-17(6-7-21(24)16-4-3-5-20(27)10-16)26(33)32(23-9-8-22(23)28)15-19-13-29-12-18-14-30-31-25(18)19/h3-7,10-14,22-23H,2,8-9,15,28H2,1H3,(H,30,31)/t22-,23+/m1/s1. The number of nitrogens with zero attached hydrogens (tertiary/aromatic N) is 3. The minimum absolute atomic E-state index is 0.0656. The zero-order valence-electron chi connectivity index (χ0n) is 18.9. The first kappa shape index (κ1) is 22.0. The molecule has 1 amide bonds. The third-order valence-corrected chi connectivity index (χ3v) is 6.39. The first-order valence-corrected chi connectivity index (χ1v) is 11.4. The summed E-state index contributed by atoms with van der Waals surface area (Å²) in [5, 5.41) is 8.00. The summed E-state index contributed by atoms with van der Waals surface area (Å²) in [6.45, 7) is 2.66. The molecule has 0 saturated heterocycles. The van der Waals surface area contributed by atoms with Crippen LogP contribution >= 0.6 is 0 Å². The number of aromatic nitrogens is 3. The van der Waals surface area contributed by atoms with Gasteiger partial charge in [0.1, 0.15) is 11.6 Å². The Labute approximate surface area is 196 Å². The van der Waals surface area contributed by atoms with Gasteiger partial charge in [-0.05, 0) is 55.7 Å². The number of amides is 1. The summed E-state index contributed by atoms with van der Waals surface area (Å²) in [6, 6.07) is 11.5. The average Bonchev–Trinajstić information content (AvgIpc) is 3.32. The maximum absolute atomic E-state index is 13.8. The summed E-state index contributed by atoms with van der Waals surface area (Å²) in [4.78, 5) is 19.9. The molecule has 2 atom stereocenters. The highest BCUT2D eigenvalue weighted by Gasteiger charge is 2.36. The Balaban J connectivity index is 1.50. The van der Waals surface area contributed by atoms with Crippen molar-refractivity contribution in [2.24, 2.45) is 5.73 Å². The van der Waals surface area contributed by atoms with Crippen molar-refractivity contribution in [1.29, 1.82) is 0 Å². The fourth-order valence-corrected chi connectivity index (χ4v) is 4.45. The van der Waals surface area contributed by atoms with Gasteiger partial charge in [0.25, 0.3) is 5.91 Å². The second kappa shape index (κ2) is 9.23. The lowest BCUT2D eigenvalue weighted by Crippen LogP contribution is -2.56. The molecule has 5 rings (SSSR count). The molecular weight excluding hydrogens is 433 g/mol. The van der Waals surface area contributed by atoms with Crippen molar-refractivity contribution in [1.82, 2.24) is 20.1 Å². The highest BCUT2D eigenvalue weighted by molar-refractivity contribution is 5.96. The number of aromatic amines is 1. The van der Waals surface area contributed by atoms with E-state index in [4.69, 9.17) is 10.5 Å². The normalized spacial score (nSPS) is 17.4. The van der Waals surface area contributed by atoms with E-state index in [0.717, 1.165) is 34.9 Å². The smallest absolute Gasteiger partial charge is 0.254 e. The van der Waals surface area contributed by atoms with E-state index in [-0.39, 0.29) is 23.8 Å². The number of H-pyrrole nitrogens is 1. The van der Waals surface area contributed by atoms with Crippen LogP contribution in [0.25, 0.3) is 22.0 Å². The highest BCUT2D eigenvalue weighted by atomic mass is 19.1. The molecular formula is C26H26FN5O2. The van der Waals surface area contributed by atoms with E-state index in [1.807, 2.05) is 24.0 Å². The van der Waals surface area contributed by atoms with Gasteiger partial charge in [0.15, 0.2) is 0 Å². The zero-order valence-corrected chi connectivity index (χ0v) is 18.9. The summed E-state index contributed by atoms with van der Waals surface area (Å²) in [6.07, 6.45) is 6.93. The SMILES string of the molecule is CCOc1cc(C(=O)N(Cc2cncc3cn[nH]c23)[C@H]2CC[C@H]2N)ccc1-c1cccc(F)c1. The van der Waals surface area contributed by atoms with Gasteiger partial charge < -0.3 is 15.4 Å². The first-order chi connectivity index (χ1) is 16.5. The molecule has 4 aromatic rings. The zero-order chi connectivity index (χ0) is 23.7. The van der Waals surface area contributed by atoms with E-state index in [2.05, 4.69) is 15.2 Å². The molecule has 8 heteroatoms. The average molecular weight is 460 g/mol. The molecule has 1 aliphatic rings. The van der Waals surface area contributed by atoms with Crippen LogP contribution < -0.4 is 10.5 Å². The fourth-order valence-electron chi connectivity index (χ4n) is 4.45. The number of fused-ring (bicyclic) bond motifs is 1. The van der Waals surface area contributed by atoms with Crippen LogP contribution in [0.3, 0.4) is 0 Å². The number of hydrogen-bond acceptors (Lipinski definition) is 5. The van der Waals surface area contributed by atoms with Gasteiger partial charge in [0.2, 0.25) is 0 Å². The Morgan fingerprint density at radius 3 is 2.82 bits per heavy atom. The van der Waals surface area contributed by atoms with E-state index >= 15 is 0 Å². The molecule has 0 aliphatic heterocycles. The van der Waals surface area contributed by atoms with Crippen molar-refractivity contribution in [3.63, 3.8) is 0 Å². The predicted molar refractivity (Wildman–Crippen MR) is 128 cm³/mol. The summed E-state index contributed by atoms with van der Waals surface area (Å²) in [5.41, 5.74) is 9.94. The quantitative estimate of drug-likeness (QED) is 0.430. The fraction of sp³-hybridized carbons (Fsp3) is 0.269. The lowest BCUT2D eigenvalue weighted by molar-refractivity contribution is 0.0504. The number of ether oxygens (including phenoxy) is 1. The molecule has 1 fully saturated rings. The molecule has 1 saturated carbocycles. The van der Waals surface area contributed by atoms with Crippen molar-refractivity contribution in [2.45, 2.75) is 38.4 Å². The van der Waals surface area contributed by atoms with Crippen LogP contribution in [0.1, 0.15) is 35.7 Å². The first-order valence-electron chi connectivity index (χ1n) is 11.4. The van der Waals surface area contributed by atoms with Crippen molar-refractivity contribution in [3.05, 3.63) is 78.0 Å². The van der Waals surface area contributed by atoms with Gasteiger partial charge in [0, 0.05) is 53.1 Å². The number of hydrogen-bond donors (Lipinski definition) is 2. The molecule has 2 aromatic heterocycles. The van der Waals surface area contributed by atoms with Crippen LogP contribution in [0.5, 0.6) is 5.75 Å². The molecule has 7 nitrogen and oxygen atoms in total. The summed E-state index contributed by atoms with van der Waals surface area (Å²) in [7, 11) is 0. The molecule has 0 spiro atoms. The topological polar surface area (TPSA) is 97.1 Å². The molecule has 0 unspecified atom stereocenters. The largest absolute Gasteiger partial charge is 0.493 e. The third-order valence-electron chi connectivity index (χ3n) is 6.39. The Hall–Kier alpha value is -3.78. The van der Waals surface area contributed by atoms with Crippen LogP contribution in [-0.2, 0) is 6.54 Å². The minimum atomic E-state index is -0.327. The van der Waals surface area contributed by atoms with Gasteiger partial charge in [0.05, 0.1) is 18.3 Å². The van der Waals surface area contributed by atoms with Gasteiger partial charge in [-0.15, -0.1) is 0 Å². The van der Waals surface area contributed by atoms with Crippen molar-refractivity contribution < 1.29 is 13.9 Å². The third kappa shape index (κ3) is 4.12. The lowest BCUT2D eigenvalue weighted by Gasteiger charge is -2.42. The number of pyridine rings is 1. The predicted octanol–water partition coefficient (Wildman–Crippen LogP) is 4.29. The van der Waals surface area contributed by atoms with E-state index in [0.29, 0.717) is 30.0 Å². The van der Waals surface area contributed by atoms with Crippen LogP contribution in [0.4, 0.5) is 4.39 Å². The molecule has 3 N–H and O–H groups in total. The van der Waals surface area contributed by atoms with Crippen LogP contribution in [-0.4, -0.2) is 44.7 Å². The Morgan fingerprint density at radius 1 is 1.21 bits per heavy atom. The van der Waals surface area contributed by atoms with E-state index in [1.165, 1.54) is 12.1 Å². The summed E-state index contributed by atoms with van der Waals surface area (Å²) < 4.78 is 19.7. The molecule has 0 bridgehead atoms. The van der Waals surface area contributed by atoms with Gasteiger partial charge >= 0.3 is 0 Å². The molecule has 0 radical (unpaired) electrons. The maximum atomic E-state index is 13.8. The van der Waals surface area contributed by atoms with Gasteiger partial charge in [-0.3, -0.25) is 14.9 Å². The second-order valence-corrected chi connectivity index (χ2v) is 8.53. The lowest BCUT2D eigenvalue weighted by atomic mass is 9.85. The number of benzene rings is 2. The number of rotatable bonds is 7. The van der Waals surface area contributed by atoms with Crippen LogP contribution in [0, 0.1) is 5.82 Å². The van der Waals surface area contributed by atoms with E-state index in [9.17, 15) is 9.18 Å².